The molecule has 0 saturated carbocycles. The average molecular weight is 390 g/mol. The van der Waals surface area contributed by atoms with Crippen LogP contribution in [0.5, 0.6) is 5.75 Å². The predicted molar refractivity (Wildman–Crippen MR) is 104 cm³/mol. The summed E-state index contributed by atoms with van der Waals surface area (Å²) in [6, 6.07) is 10.2. The summed E-state index contributed by atoms with van der Waals surface area (Å²) in [6.07, 6.45) is 0.388. The molecule has 2 N–H and O–H groups in total. The molecule has 26 heavy (non-hydrogen) atoms. The second-order valence-electron chi connectivity index (χ2n) is 5.40. The molecule has 3 rings (SSSR count). The summed E-state index contributed by atoms with van der Waals surface area (Å²) in [6.45, 7) is 1.78. The molecular formula is C18H16ClN3O3S. The van der Waals surface area contributed by atoms with Crippen molar-refractivity contribution in [1.29, 1.82) is 0 Å². The van der Waals surface area contributed by atoms with Crippen molar-refractivity contribution >= 4 is 55.8 Å². The molecule has 2 aromatic carbocycles. The number of hydrogen-bond donors (Lipinski definition) is 2. The molecule has 8 heteroatoms. The molecule has 0 bridgehead atoms. The van der Waals surface area contributed by atoms with Crippen molar-refractivity contribution < 1.29 is 14.3 Å². The van der Waals surface area contributed by atoms with Crippen LogP contribution in [0.4, 0.5) is 10.8 Å². The van der Waals surface area contributed by atoms with Crippen molar-refractivity contribution in [2.45, 2.75) is 13.3 Å². The van der Waals surface area contributed by atoms with Crippen LogP contribution in [0.15, 0.2) is 36.4 Å². The third-order valence-corrected chi connectivity index (χ3v) is 4.79. The Morgan fingerprint density at radius 3 is 2.73 bits per heavy atom. The van der Waals surface area contributed by atoms with E-state index in [1.165, 1.54) is 18.4 Å². The number of amides is 2. The molecule has 134 valence electrons. The van der Waals surface area contributed by atoms with E-state index in [2.05, 4.69) is 15.6 Å². The number of benzene rings is 2. The molecular weight excluding hydrogens is 374 g/mol. The molecule has 0 spiro atoms. The van der Waals surface area contributed by atoms with Gasteiger partial charge in [-0.3, -0.25) is 9.59 Å². The Hall–Kier alpha value is -2.64. The maximum Gasteiger partial charge on any atom is 0.259 e. The predicted octanol–water partition coefficient (Wildman–Crippen LogP) is 4.56. The van der Waals surface area contributed by atoms with Crippen LogP contribution >= 0.6 is 22.9 Å². The Kier molecular flexibility index (Phi) is 5.39. The van der Waals surface area contributed by atoms with Gasteiger partial charge < -0.3 is 15.4 Å². The third kappa shape index (κ3) is 3.95. The van der Waals surface area contributed by atoms with Gasteiger partial charge in [-0.2, -0.15) is 0 Å². The molecule has 1 aromatic heterocycles. The van der Waals surface area contributed by atoms with E-state index < -0.39 is 0 Å². The van der Waals surface area contributed by atoms with Gasteiger partial charge in [0, 0.05) is 17.1 Å². The van der Waals surface area contributed by atoms with Crippen molar-refractivity contribution in [2.24, 2.45) is 0 Å². The molecule has 0 atom stereocenters. The van der Waals surface area contributed by atoms with Crippen LogP contribution in [0.25, 0.3) is 10.2 Å². The minimum Gasteiger partial charge on any atom is -0.496 e. The van der Waals surface area contributed by atoms with E-state index in [4.69, 9.17) is 16.3 Å². The van der Waals surface area contributed by atoms with Crippen LogP contribution in [0.1, 0.15) is 23.7 Å². The number of carbonyl (C=O) groups is 2. The van der Waals surface area contributed by atoms with Crippen LogP contribution in [0.2, 0.25) is 5.02 Å². The molecule has 0 aliphatic carbocycles. The summed E-state index contributed by atoms with van der Waals surface area (Å²) in [5.41, 5.74) is 1.71. The van der Waals surface area contributed by atoms with Gasteiger partial charge in [0.2, 0.25) is 5.91 Å². The summed E-state index contributed by atoms with van der Waals surface area (Å²) in [4.78, 5) is 28.4. The zero-order valence-electron chi connectivity index (χ0n) is 14.1. The molecule has 3 aromatic rings. The second kappa shape index (κ2) is 7.72. The van der Waals surface area contributed by atoms with Gasteiger partial charge in [-0.15, -0.1) is 0 Å². The maximum absolute atomic E-state index is 12.6. The van der Waals surface area contributed by atoms with Crippen molar-refractivity contribution in [3.63, 3.8) is 0 Å². The summed E-state index contributed by atoms with van der Waals surface area (Å²) < 4.78 is 6.07. The van der Waals surface area contributed by atoms with Gasteiger partial charge in [-0.25, -0.2) is 4.98 Å². The minimum absolute atomic E-state index is 0.0920. The van der Waals surface area contributed by atoms with Gasteiger partial charge in [0.15, 0.2) is 5.13 Å². The largest absolute Gasteiger partial charge is 0.496 e. The van der Waals surface area contributed by atoms with Crippen molar-refractivity contribution in [3.05, 3.63) is 47.0 Å². The summed E-state index contributed by atoms with van der Waals surface area (Å²) in [5, 5.41) is 6.55. The Morgan fingerprint density at radius 2 is 2.00 bits per heavy atom. The number of fused-ring (bicyclic) bond motifs is 1. The quantitative estimate of drug-likeness (QED) is 0.670. The highest BCUT2D eigenvalue weighted by molar-refractivity contribution is 7.22. The first-order chi connectivity index (χ1) is 12.5. The Bertz CT molecular complexity index is 987. The molecule has 0 fully saturated rings. The maximum atomic E-state index is 12.6. The third-order valence-electron chi connectivity index (χ3n) is 3.62. The number of hydrogen-bond acceptors (Lipinski definition) is 5. The number of thiazole rings is 1. The zero-order valence-corrected chi connectivity index (χ0v) is 15.7. The lowest BCUT2D eigenvalue weighted by Crippen LogP contribution is -2.13. The molecule has 0 saturated heterocycles. The lowest BCUT2D eigenvalue weighted by Gasteiger charge is -2.09. The zero-order chi connectivity index (χ0) is 18.7. The number of nitrogens with zero attached hydrogens (tertiary/aromatic N) is 1. The number of ether oxygens (including phenoxy) is 1. The SMILES string of the molecule is CCC(=O)Nc1nc2ccc(NC(=O)c3cc(Cl)ccc3OC)cc2s1. The molecule has 0 aliphatic rings. The van der Waals surface area contributed by atoms with Crippen LogP contribution in [0, 0.1) is 0 Å². The first kappa shape index (κ1) is 18.2. The molecule has 1 heterocycles. The van der Waals surface area contributed by atoms with E-state index in [1.54, 1.807) is 37.3 Å². The molecule has 0 unspecified atom stereocenters. The van der Waals surface area contributed by atoms with Crippen molar-refractivity contribution in [3.8, 4) is 5.75 Å². The Balaban J connectivity index is 1.83. The Morgan fingerprint density at radius 1 is 1.19 bits per heavy atom. The van der Waals surface area contributed by atoms with Crippen LogP contribution in [-0.4, -0.2) is 23.9 Å². The van der Waals surface area contributed by atoms with E-state index in [-0.39, 0.29) is 11.8 Å². The van der Waals surface area contributed by atoms with Crippen LogP contribution < -0.4 is 15.4 Å². The van der Waals surface area contributed by atoms with E-state index in [0.29, 0.717) is 33.6 Å². The smallest absolute Gasteiger partial charge is 0.259 e. The topological polar surface area (TPSA) is 80.3 Å². The molecule has 6 nitrogen and oxygen atoms in total. The normalized spacial score (nSPS) is 10.6. The van der Waals surface area contributed by atoms with Gasteiger partial charge in [-0.1, -0.05) is 29.9 Å². The van der Waals surface area contributed by atoms with Gasteiger partial charge in [0.05, 0.1) is 22.9 Å². The molecule has 2 amide bonds. The van der Waals surface area contributed by atoms with E-state index >= 15 is 0 Å². The summed E-state index contributed by atoms with van der Waals surface area (Å²) in [7, 11) is 1.50. The average Bonchev–Trinajstić information content (AvgIpc) is 3.02. The highest BCUT2D eigenvalue weighted by Crippen LogP contribution is 2.29. The van der Waals surface area contributed by atoms with E-state index in [1.807, 2.05) is 6.07 Å². The number of carbonyl (C=O) groups excluding carboxylic acids is 2. The van der Waals surface area contributed by atoms with E-state index in [9.17, 15) is 9.59 Å². The number of aromatic nitrogens is 1. The fourth-order valence-electron chi connectivity index (χ4n) is 2.32. The van der Waals surface area contributed by atoms with Crippen molar-refractivity contribution in [1.82, 2.24) is 4.98 Å². The lowest BCUT2D eigenvalue weighted by atomic mass is 10.2. The minimum atomic E-state index is -0.326. The first-order valence-electron chi connectivity index (χ1n) is 7.85. The fraction of sp³-hybridized carbons (Fsp3) is 0.167. The van der Waals surface area contributed by atoms with Crippen LogP contribution in [-0.2, 0) is 4.79 Å². The van der Waals surface area contributed by atoms with E-state index in [0.717, 1.165) is 10.2 Å². The number of anilines is 2. The number of halogens is 1. The molecule has 0 radical (unpaired) electrons. The Labute approximate surface area is 159 Å². The number of rotatable bonds is 5. The first-order valence-corrected chi connectivity index (χ1v) is 9.05. The van der Waals surface area contributed by atoms with Gasteiger partial charge >= 0.3 is 0 Å². The van der Waals surface area contributed by atoms with Gasteiger partial charge in [0.1, 0.15) is 5.75 Å². The van der Waals surface area contributed by atoms with Gasteiger partial charge in [-0.05, 0) is 36.4 Å². The van der Waals surface area contributed by atoms with Gasteiger partial charge in [0.25, 0.3) is 5.91 Å². The second-order valence-corrected chi connectivity index (χ2v) is 6.87. The fourth-order valence-corrected chi connectivity index (χ4v) is 3.41. The summed E-state index contributed by atoms with van der Waals surface area (Å²) in [5.74, 6) is 0.0219. The number of nitrogens with one attached hydrogen (secondary N) is 2. The lowest BCUT2D eigenvalue weighted by molar-refractivity contribution is -0.115. The van der Waals surface area contributed by atoms with Crippen molar-refractivity contribution in [2.75, 3.05) is 17.7 Å². The standard InChI is InChI=1S/C18H16ClN3O3S/c1-3-16(23)22-18-21-13-6-5-11(9-15(13)26-18)20-17(24)12-8-10(19)4-7-14(12)25-2/h4-9H,3H2,1-2H3,(H,20,24)(H,21,22,23). The highest BCUT2D eigenvalue weighted by Gasteiger charge is 2.14. The summed E-state index contributed by atoms with van der Waals surface area (Å²) >= 11 is 7.33. The highest BCUT2D eigenvalue weighted by atomic mass is 35.5. The monoisotopic (exact) mass is 389 g/mol. The number of methoxy groups -OCH3 is 1. The molecule has 0 aliphatic heterocycles. The van der Waals surface area contributed by atoms with Crippen LogP contribution in [0.3, 0.4) is 0 Å².